The molecule has 0 aliphatic heterocycles. The van der Waals surface area contributed by atoms with Crippen LogP contribution in [0.15, 0.2) is 24.4 Å². The van der Waals surface area contributed by atoms with Gasteiger partial charge in [0.05, 0.1) is 26.3 Å². The van der Waals surface area contributed by atoms with Crippen molar-refractivity contribution in [2.45, 2.75) is 13.0 Å². The molecule has 0 aliphatic carbocycles. The van der Waals surface area contributed by atoms with Gasteiger partial charge in [0.25, 0.3) is 0 Å². The lowest BCUT2D eigenvalue weighted by Crippen LogP contribution is -2.20. The highest BCUT2D eigenvalue weighted by molar-refractivity contribution is 5.89. The average Bonchev–Trinajstić information content (AvgIpc) is 2.96. The monoisotopic (exact) mass is 307 g/mol. The third-order valence-corrected chi connectivity index (χ3v) is 3.52. The van der Waals surface area contributed by atoms with Gasteiger partial charge in [0.15, 0.2) is 0 Å². The van der Waals surface area contributed by atoms with E-state index in [9.17, 15) is 4.79 Å². The number of hydrogen-bond donors (Lipinski definition) is 0. The molecule has 0 N–H and O–H groups in total. The van der Waals surface area contributed by atoms with E-state index in [0.29, 0.717) is 18.1 Å². The zero-order valence-corrected chi connectivity index (χ0v) is 13.3. The zero-order chi connectivity index (χ0) is 16.1. The molecule has 6 nitrogen and oxygen atoms in total. The van der Waals surface area contributed by atoms with Crippen molar-refractivity contribution in [1.29, 1.82) is 0 Å². The molecule has 0 aliphatic rings. The van der Waals surface area contributed by atoms with Crippen molar-refractivity contribution in [3.8, 4) is 11.5 Å². The molecule has 2 aromatic rings. The molecule has 120 valence electrons. The van der Waals surface area contributed by atoms with Crippen LogP contribution in [0.3, 0.4) is 0 Å². The quantitative estimate of drug-likeness (QED) is 0.581. The molecule has 22 heavy (non-hydrogen) atoms. The van der Waals surface area contributed by atoms with E-state index in [2.05, 4.69) is 0 Å². The standard InChI is InChI=1S/C16H21NO5/c1-11(16(18)22-8-7-19-2)17-6-5-13-14(17)9-12(20-3)10-15(13)21-4/h5-6,9-11H,7-8H2,1-4H3. The van der Waals surface area contributed by atoms with E-state index < -0.39 is 6.04 Å². The number of nitrogens with zero attached hydrogens (tertiary/aromatic N) is 1. The van der Waals surface area contributed by atoms with Gasteiger partial charge in [0.1, 0.15) is 24.1 Å². The van der Waals surface area contributed by atoms with Crippen LogP contribution in [0.2, 0.25) is 0 Å². The highest BCUT2D eigenvalue weighted by Crippen LogP contribution is 2.33. The molecule has 0 bridgehead atoms. The number of aromatic nitrogens is 1. The fraction of sp³-hybridized carbons (Fsp3) is 0.438. The molecule has 0 amide bonds. The molecule has 0 saturated heterocycles. The third-order valence-electron chi connectivity index (χ3n) is 3.52. The Balaban J connectivity index is 2.33. The Morgan fingerprint density at radius 2 is 1.95 bits per heavy atom. The van der Waals surface area contributed by atoms with Gasteiger partial charge in [-0.05, 0) is 13.0 Å². The molecule has 1 heterocycles. The molecule has 1 aromatic carbocycles. The molecule has 0 spiro atoms. The van der Waals surface area contributed by atoms with Crippen molar-refractivity contribution in [3.05, 3.63) is 24.4 Å². The van der Waals surface area contributed by atoms with Gasteiger partial charge in [-0.3, -0.25) is 0 Å². The van der Waals surface area contributed by atoms with E-state index >= 15 is 0 Å². The first kappa shape index (κ1) is 16.2. The van der Waals surface area contributed by atoms with Crippen molar-refractivity contribution in [2.75, 3.05) is 34.5 Å². The predicted octanol–water partition coefficient (Wildman–Crippen LogP) is 2.41. The third kappa shape index (κ3) is 3.17. The number of fused-ring (bicyclic) bond motifs is 1. The summed E-state index contributed by atoms with van der Waals surface area (Å²) >= 11 is 0. The average molecular weight is 307 g/mol. The number of hydrogen-bond acceptors (Lipinski definition) is 5. The maximum absolute atomic E-state index is 12.1. The van der Waals surface area contributed by atoms with Gasteiger partial charge in [-0.25, -0.2) is 4.79 Å². The smallest absolute Gasteiger partial charge is 0.328 e. The maximum atomic E-state index is 12.1. The van der Waals surface area contributed by atoms with Crippen molar-refractivity contribution in [1.82, 2.24) is 4.57 Å². The van der Waals surface area contributed by atoms with Gasteiger partial charge < -0.3 is 23.5 Å². The Labute approximate surface area is 129 Å². The summed E-state index contributed by atoms with van der Waals surface area (Å²) in [6, 6.07) is 5.14. The van der Waals surface area contributed by atoms with Crippen LogP contribution in [-0.2, 0) is 14.3 Å². The second-order valence-corrected chi connectivity index (χ2v) is 4.82. The summed E-state index contributed by atoms with van der Waals surface area (Å²) < 4.78 is 22.6. The molecule has 1 aromatic heterocycles. The number of methoxy groups -OCH3 is 3. The minimum absolute atomic E-state index is 0.242. The zero-order valence-electron chi connectivity index (χ0n) is 13.3. The molecular formula is C16H21NO5. The second kappa shape index (κ2) is 7.17. The second-order valence-electron chi connectivity index (χ2n) is 4.82. The van der Waals surface area contributed by atoms with Gasteiger partial charge in [-0.1, -0.05) is 0 Å². The van der Waals surface area contributed by atoms with E-state index in [4.69, 9.17) is 18.9 Å². The number of carbonyl (C=O) groups is 1. The number of benzene rings is 1. The molecule has 1 unspecified atom stereocenters. The van der Waals surface area contributed by atoms with Crippen molar-refractivity contribution in [2.24, 2.45) is 0 Å². The van der Waals surface area contributed by atoms with E-state index in [1.807, 2.05) is 29.0 Å². The number of esters is 1. The van der Waals surface area contributed by atoms with Crippen LogP contribution in [0, 0.1) is 0 Å². The summed E-state index contributed by atoms with van der Waals surface area (Å²) in [5.41, 5.74) is 0.854. The van der Waals surface area contributed by atoms with Crippen molar-refractivity contribution >= 4 is 16.9 Å². The minimum atomic E-state index is -0.453. The molecule has 2 rings (SSSR count). The van der Waals surface area contributed by atoms with Crippen LogP contribution in [0.1, 0.15) is 13.0 Å². The highest BCUT2D eigenvalue weighted by Gasteiger charge is 2.19. The Kier molecular flexibility index (Phi) is 5.27. The highest BCUT2D eigenvalue weighted by atomic mass is 16.6. The summed E-state index contributed by atoms with van der Waals surface area (Å²) in [6.45, 7) is 2.42. The van der Waals surface area contributed by atoms with Crippen LogP contribution in [0.5, 0.6) is 11.5 Å². The lowest BCUT2D eigenvalue weighted by molar-refractivity contribution is -0.148. The number of rotatable bonds is 7. The normalized spacial score (nSPS) is 12.2. The van der Waals surface area contributed by atoms with Crippen LogP contribution < -0.4 is 9.47 Å². The summed E-state index contributed by atoms with van der Waals surface area (Å²) in [5.74, 6) is 1.06. The summed E-state index contributed by atoms with van der Waals surface area (Å²) in [6.07, 6.45) is 1.84. The van der Waals surface area contributed by atoms with E-state index in [1.165, 1.54) is 0 Å². The lowest BCUT2D eigenvalue weighted by Gasteiger charge is -2.15. The Hall–Kier alpha value is -2.21. The summed E-state index contributed by atoms with van der Waals surface area (Å²) in [4.78, 5) is 12.1. The summed E-state index contributed by atoms with van der Waals surface area (Å²) in [5, 5.41) is 0.917. The van der Waals surface area contributed by atoms with E-state index in [1.54, 1.807) is 28.3 Å². The largest absolute Gasteiger partial charge is 0.497 e. The van der Waals surface area contributed by atoms with Crippen LogP contribution in [-0.4, -0.2) is 45.1 Å². The minimum Gasteiger partial charge on any atom is -0.497 e. The molecule has 6 heteroatoms. The lowest BCUT2D eigenvalue weighted by atomic mass is 10.2. The molecule has 0 fully saturated rings. The van der Waals surface area contributed by atoms with Crippen LogP contribution in [0.25, 0.3) is 10.9 Å². The number of carbonyl (C=O) groups excluding carboxylic acids is 1. The molecular weight excluding hydrogens is 286 g/mol. The molecule has 0 saturated carbocycles. The van der Waals surface area contributed by atoms with Crippen LogP contribution >= 0.6 is 0 Å². The predicted molar refractivity (Wildman–Crippen MR) is 82.6 cm³/mol. The van der Waals surface area contributed by atoms with Gasteiger partial charge in [-0.15, -0.1) is 0 Å². The first-order chi connectivity index (χ1) is 10.6. The molecule has 1 atom stereocenters. The van der Waals surface area contributed by atoms with E-state index in [0.717, 1.165) is 10.9 Å². The Morgan fingerprint density at radius 1 is 1.18 bits per heavy atom. The van der Waals surface area contributed by atoms with Gasteiger partial charge in [-0.2, -0.15) is 0 Å². The Bertz CT molecular complexity index is 649. The van der Waals surface area contributed by atoms with Crippen molar-refractivity contribution < 1.29 is 23.7 Å². The fourth-order valence-electron chi connectivity index (χ4n) is 2.29. The first-order valence-corrected chi connectivity index (χ1v) is 7.00. The van der Waals surface area contributed by atoms with Gasteiger partial charge in [0, 0.05) is 30.8 Å². The first-order valence-electron chi connectivity index (χ1n) is 7.00. The molecule has 0 radical (unpaired) electrons. The maximum Gasteiger partial charge on any atom is 0.328 e. The van der Waals surface area contributed by atoms with Crippen LogP contribution in [0.4, 0.5) is 0 Å². The van der Waals surface area contributed by atoms with E-state index in [-0.39, 0.29) is 12.6 Å². The summed E-state index contributed by atoms with van der Waals surface area (Å²) in [7, 11) is 4.76. The van der Waals surface area contributed by atoms with Crippen molar-refractivity contribution in [3.63, 3.8) is 0 Å². The Morgan fingerprint density at radius 3 is 2.59 bits per heavy atom. The fourth-order valence-corrected chi connectivity index (χ4v) is 2.29. The number of ether oxygens (including phenoxy) is 4. The topological polar surface area (TPSA) is 58.9 Å². The SMILES string of the molecule is COCCOC(=O)C(C)n1ccc2c(OC)cc(OC)cc21. The van der Waals surface area contributed by atoms with Gasteiger partial charge in [0.2, 0.25) is 0 Å². The van der Waals surface area contributed by atoms with Gasteiger partial charge >= 0.3 is 5.97 Å².